The second kappa shape index (κ2) is 7.84. The number of fused-ring (bicyclic) bond motifs is 4. The normalized spacial score (nSPS) is 16.3. The summed E-state index contributed by atoms with van der Waals surface area (Å²) in [5.74, 6) is 0.739. The Labute approximate surface area is 205 Å². The Morgan fingerprint density at radius 3 is 2.66 bits per heavy atom. The lowest BCUT2D eigenvalue weighted by Crippen LogP contribution is -2.55. The fourth-order valence-electron chi connectivity index (χ4n) is 5.59. The minimum atomic E-state index is -0.430. The molecule has 4 nitrogen and oxygen atoms in total. The lowest BCUT2D eigenvalue weighted by atomic mass is 9.89. The molecule has 2 aliphatic heterocycles. The zero-order valence-corrected chi connectivity index (χ0v) is 20.5. The molecule has 6 rings (SSSR count). The predicted molar refractivity (Wildman–Crippen MR) is 144 cm³/mol. The van der Waals surface area contributed by atoms with Gasteiger partial charge in [-0.2, -0.15) is 0 Å². The molecular weight excluding hydrogens is 435 g/mol. The van der Waals surface area contributed by atoms with Crippen LogP contribution in [0.15, 0.2) is 77.6 Å². The highest BCUT2D eigenvalue weighted by Crippen LogP contribution is 2.47. The third-order valence-electron chi connectivity index (χ3n) is 7.21. The predicted octanol–water partition coefficient (Wildman–Crippen LogP) is 7.14. The van der Waals surface area contributed by atoms with E-state index in [2.05, 4.69) is 72.4 Å². The first-order valence-corrected chi connectivity index (χ1v) is 12.1. The molecule has 0 saturated carbocycles. The molecule has 0 spiro atoms. The summed E-state index contributed by atoms with van der Waals surface area (Å²) in [6.07, 6.45) is 4.96. The van der Waals surface area contributed by atoms with Crippen molar-refractivity contribution in [1.29, 1.82) is 0 Å². The maximum Gasteiger partial charge on any atom is 0.134 e. The number of nitrogens with zero attached hydrogens (tertiary/aromatic N) is 2. The molecule has 3 heterocycles. The van der Waals surface area contributed by atoms with Gasteiger partial charge in [0.1, 0.15) is 11.7 Å². The smallest absolute Gasteiger partial charge is 0.134 e. The zero-order chi connectivity index (χ0) is 24.3. The fourth-order valence-corrected chi connectivity index (χ4v) is 5.59. The average molecular weight is 465 g/mol. The zero-order valence-electron chi connectivity index (χ0n) is 20.5. The summed E-state index contributed by atoms with van der Waals surface area (Å²) >= 11 is 0. The van der Waals surface area contributed by atoms with E-state index in [4.69, 9.17) is 4.99 Å². The van der Waals surface area contributed by atoms with Crippen molar-refractivity contribution < 1.29 is 4.39 Å². The second-order valence-electron chi connectivity index (χ2n) is 10.1. The van der Waals surface area contributed by atoms with Crippen molar-refractivity contribution in [1.82, 2.24) is 4.98 Å². The number of para-hydroxylation sites is 1. The van der Waals surface area contributed by atoms with E-state index in [0.717, 1.165) is 51.2 Å². The van der Waals surface area contributed by atoms with Crippen LogP contribution in [0.3, 0.4) is 0 Å². The van der Waals surface area contributed by atoms with Crippen LogP contribution in [0.2, 0.25) is 0 Å². The molecule has 0 unspecified atom stereocenters. The number of anilines is 2. The lowest BCUT2D eigenvalue weighted by Gasteiger charge is -2.46. The Kier molecular flexibility index (Phi) is 4.85. The van der Waals surface area contributed by atoms with Crippen LogP contribution in [0, 0.1) is 19.7 Å². The highest BCUT2D eigenvalue weighted by atomic mass is 19.1. The maximum absolute atomic E-state index is 15.9. The number of benzene rings is 3. The Bertz CT molecular complexity index is 1530. The number of aryl methyl sites for hydroxylation is 1. The van der Waals surface area contributed by atoms with Crippen molar-refractivity contribution in [3.63, 3.8) is 0 Å². The number of aromatic nitrogens is 1. The summed E-state index contributed by atoms with van der Waals surface area (Å²) in [6, 6.07) is 18.2. The molecule has 0 radical (unpaired) electrons. The van der Waals surface area contributed by atoms with Gasteiger partial charge in [0.05, 0.1) is 29.0 Å². The van der Waals surface area contributed by atoms with Crippen LogP contribution in [0.25, 0.3) is 22.0 Å². The molecule has 5 heteroatoms. The molecule has 176 valence electrons. The second-order valence-corrected chi connectivity index (χ2v) is 10.1. The van der Waals surface area contributed by atoms with Crippen molar-refractivity contribution >= 4 is 28.1 Å². The van der Waals surface area contributed by atoms with E-state index in [1.807, 2.05) is 31.3 Å². The van der Waals surface area contributed by atoms with Crippen molar-refractivity contribution in [2.75, 3.05) is 16.8 Å². The molecular formula is C30H29FN4. The largest absolute Gasteiger partial charge is 0.371 e. The van der Waals surface area contributed by atoms with E-state index in [0.29, 0.717) is 12.1 Å². The summed E-state index contributed by atoms with van der Waals surface area (Å²) in [6.45, 7) is 8.95. The molecule has 35 heavy (non-hydrogen) atoms. The van der Waals surface area contributed by atoms with Crippen LogP contribution < -0.4 is 10.2 Å². The number of aliphatic imine (C=N–C) groups is 1. The van der Waals surface area contributed by atoms with Crippen molar-refractivity contribution in [2.45, 2.75) is 39.7 Å². The van der Waals surface area contributed by atoms with Gasteiger partial charge in [-0.15, -0.1) is 0 Å². The van der Waals surface area contributed by atoms with Gasteiger partial charge in [0.25, 0.3) is 0 Å². The summed E-state index contributed by atoms with van der Waals surface area (Å²) in [7, 11) is 0. The first-order valence-electron chi connectivity index (χ1n) is 12.1. The first kappa shape index (κ1) is 21.7. The van der Waals surface area contributed by atoms with Crippen molar-refractivity contribution in [2.24, 2.45) is 4.99 Å². The Balaban J connectivity index is 1.57. The van der Waals surface area contributed by atoms with Gasteiger partial charge in [-0.25, -0.2) is 4.39 Å². The molecule has 0 saturated heterocycles. The van der Waals surface area contributed by atoms with E-state index in [-0.39, 0.29) is 5.82 Å². The third-order valence-corrected chi connectivity index (χ3v) is 7.21. The van der Waals surface area contributed by atoms with Crippen LogP contribution in [0.4, 0.5) is 15.8 Å². The average Bonchev–Trinajstić information content (AvgIpc) is 3.21. The minimum absolute atomic E-state index is 0.227. The van der Waals surface area contributed by atoms with Gasteiger partial charge in [0, 0.05) is 34.8 Å². The van der Waals surface area contributed by atoms with Gasteiger partial charge in [-0.05, 0) is 56.5 Å². The van der Waals surface area contributed by atoms with E-state index < -0.39 is 5.54 Å². The van der Waals surface area contributed by atoms with E-state index in [1.165, 1.54) is 11.3 Å². The number of rotatable bonds is 3. The van der Waals surface area contributed by atoms with Gasteiger partial charge >= 0.3 is 0 Å². The van der Waals surface area contributed by atoms with Gasteiger partial charge in [0.2, 0.25) is 0 Å². The first-order chi connectivity index (χ1) is 16.8. The topological polar surface area (TPSA) is 43.4 Å². The van der Waals surface area contributed by atoms with E-state index in [9.17, 15) is 0 Å². The monoisotopic (exact) mass is 464 g/mol. The molecule has 3 aromatic carbocycles. The fraction of sp³-hybridized carbons (Fsp3) is 0.233. The summed E-state index contributed by atoms with van der Waals surface area (Å²) < 4.78 is 15.9. The molecule has 4 aromatic rings. The van der Waals surface area contributed by atoms with Crippen LogP contribution in [0.5, 0.6) is 0 Å². The van der Waals surface area contributed by atoms with Gasteiger partial charge in [-0.3, -0.25) is 9.89 Å². The number of allylic oxidation sites excluding steroid dienone is 1. The summed E-state index contributed by atoms with van der Waals surface area (Å²) in [5, 5.41) is 4.69. The number of aromatic amines is 1. The maximum atomic E-state index is 15.9. The van der Waals surface area contributed by atoms with Crippen LogP contribution in [-0.4, -0.2) is 22.9 Å². The molecule has 1 aromatic heterocycles. The molecule has 0 amide bonds. The van der Waals surface area contributed by atoms with Crippen LogP contribution >= 0.6 is 0 Å². The minimum Gasteiger partial charge on any atom is -0.371 e. The SMILES string of the molecule is Cc1c(-c2cccc3c(C)c[nH]c23)c(F)cc2c1N1C(Cc3ccccc3)=CCN=C1C(C)(C)N2. The Morgan fingerprint density at radius 1 is 1.06 bits per heavy atom. The number of H-pyrrole nitrogens is 1. The summed E-state index contributed by atoms with van der Waals surface area (Å²) in [4.78, 5) is 10.6. The number of hydrogen-bond acceptors (Lipinski definition) is 3. The van der Waals surface area contributed by atoms with E-state index in [1.54, 1.807) is 6.07 Å². The Hall–Kier alpha value is -3.86. The molecule has 0 atom stereocenters. The number of hydrogen-bond donors (Lipinski definition) is 2. The number of nitrogens with one attached hydrogen (secondary N) is 2. The lowest BCUT2D eigenvalue weighted by molar-refractivity contribution is 0.628. The number of halogens is 1. The highest BCUT2D eigenvalue weighted by molar-refractivity contribution is 6.15. The number of amidine groups is 1. The van der Waals surface area contributed by atoms with Crippen LogP contribution in [-0.2, 0) is 6.42 Å². The van der Waals surface area contributed by atoms with Crippen LogP contribution in [0.1, 0.15) is 30.5 Å². The van der Waals surface area contributed by atoms with Crippen molar-refractivity contribution in [3.8, 4) is 11.1 Å². The highest BCUT2D eigenvalue weighted by Gasteiger charge is 2.41. The van der Waals surface area contributed by atoms with Gasteiger partial charge < -0.3 is 10.3 Å². The Morgan fingerprint density at radius 2 is 1.86 bits per heavy atom. The standard InChI is InChI=1S/C30H29FN4/c1-18-17-33-27-22(18)11-8-12-23(27)26-19(2)28-25(16-24(26)31)34-30(3,4)29-32-14-13-21(35(28)29)15-20-9-6-5-7-10-20/h5-13,16-17,33-34H,14-15H2,1-4H3. The third kappa shape index (κ3) is 3.37. The molecule has 2 N–H and O–H groups in total. The van der Waals surface area contributed by atoms with Crippen molar-refractivity contribution in [3.05, 3.63) is 95.1 Å². The van der Waals surface area contributed by atoms with Gasteiger partial charge in [0.15, 0.2) is 0 Å². The van der Waals surface area contributed by atoms with E-state index >= 15 is 4.39 Å². The quantitative estimate of drug-likeness (QED) is 0.338. The molecule has 2 aliphatic rings. The molecule has 0 fully saturated rings. The molecule has 0 aliphatic carbocycles. The molecule has 0 bridgehead atoms. The van der Waals surface area contributed by atoms with Gasteiger partial charge in [-0.1, -0.05) is 48.5 Å². The summed E-state index contributed by atoms with van der Waals surface area (Å²) in [5.41, 5.74) is 8.27.